The number of aliphatic hydroxyl groups is 27. The second-order valence-electron chi connectivity index (χ2n) is 33.2. The molecule has 0 spiro atoms. The van der Waals surface area contributed by atoms with E-state index in [1.54, 1.807) is 0 Å². The summed E-state index contributed by atoms with van der Waals surface area (Å²) in [4.78, 5) is 76.7. The van der Waals surface area contributed by atoms with Gasteiger partial charge in [-0.3, -0.25) is 24.0 Å². The van der Waals surface area contributed by atoms with E-state index < -0.39 is 414 Å². The van der Waals surface area contributed by atoms with E-state index >= 15 is 0 Å². The van der Waals surface area contributed by atoms with Gasteiger partial charge in [-0.2, -0.15) is 0 Å². The molecule has 0 saturated carbocycles. The molecule has 33 N–H and O–H groups in total. The number of amides is 5. The number of aliphatic carboxylic acids is 1. The van der Waals surface area contributed by atoms with Crippen LogP contribution in [0.25, 0.3) is 0 Å². The van der Waals surface area contributed by atoms with Crippen molar-refractivity contribution in [1.82, 2.24) is 26.6 Å². The van der Waals surface area contributed by atoms with Gasteiger partial charge in [-0.15, -0.1) is 0 Å². The lowest BCUT2D eigenvalue weighted by atomic mass is 9.88. The van der Waals surface area contributed by atoms with Gasteiger partial charge in [0.15, 0.2) is 56.6 Å². The molecule has 10 saturated heterocycles. The minimum atomic E-state index is -3.11. The van der Waals surface area contributed by atoms with Crippen molar-refractivity contribution in [2.45, 2.75) is 360 Å². The van der Waals surface area contributed by atoms with Crippen LogP contribution in [0.15, 0.2) is 0 Å². The zero-order chi connectivity index (χ0) is 96.9. The topological polar surface area (TPSA) is 904 Å². The molecule has 0 radical (unpaired) electrons. The predicted molar refractivity (Wildman–Crippen MR) is 403 cm³/mol. The number of aliphatic hydroxyl groups excluding tert-OH is 27. The van der Waals surface area contributed by atoms with Crippen molar-refractivity contribution >= 4 is 35.5 Å². The predicted octanol–water partition coefficient (Wildman–Crippen LogP) is -21.9. The van der Waals surface area contributed by atoms with Crippen LogP contribution in [-0.2, 0) is 119 Å². The molecule has 10 fully saturated rings. The van der Waals surface area contributed by atoms with Gasteiger partial charge in [0.2, 0.25) is 29.5 Å². The van der Waals surface area contributed by atoms with Crippen LogP contribution in [0.4, 0.5) is 0 Å². The Morgan fingerprint density at radius 2 is 0.679 bits per heavy atom. The van der Waals surface area contributed by atoms with Crippen LogP contribution in [0.5, 0.6) is 0 Å². The highest BCUT2D eigenvalue weighted by Gasteiger charge is 2.63. The zero-order valence-electron chi connectivity index (χ0n) is 70.7. The molecular weight excluding hydrogens is 1790 g/mol. The minimum absolute atomic E-state index is 0.851. The monoisotopic (exact) mass is 1920 g/mol. The van der Waals surface area contributed by atoms with E-state index in [1.165, 1.54) is 6.92 Å². The third-order valence-corrected chi connectivity index (χ3v) is 23.8. The van der Waals surface area contributed by atoms with Crippen LogP contribution in [0.1, 0.15) is 48.0 Å². The Morgan fingerprint density at radius 1 is 0.328 bits per heavy atom. The van der Waals surface area contributed by atoms with Gasteiger partial charge >= 0.3 is 5.97 Å². The highest BCUT2D eigenvalue weighted by atomic mass is 16.8. The highest BCUT2D eigenvalue weighted by Crippen LogP contribution is 2.42. The summed E-state index contributed by atoms with van der Waals surface area (Å²) in [6.45, 7) is -4.47. The fraction of sp³-hybridized carbons (Fsp3) is 0.918. The molecule has 0 aliphatic carbocycles. The van der Waals surface area contributed by atoms with Crippen LogP contribution >= 0.6 is 0 Å². The van der Waals surface area contributed by atoms with Crippen molar-refractivity contribution < 1.29 is 262 Å². The third-order valence-electron chi connectivity index (χ3n) is 23.8. The first-order valence-corrected chi connectivity index (χ1v) is 41.6. The largest absolute Gasteiger partial charge is 0.477 e. The number of hydrogen-bond acceptors (Lipinski definition) is 52. The molecular formula is C73H121N5O53. The van der Waals surface area contributed by atoms with Gasteiger partial charge in [-0.25, -0.2) is 4.79 Å². The number of rotatable bonds is 35. The number of nitrogens with one attached hydrogen (secondary N) is 5. The van der Waals surface area contributed by atoms with E-state index in [-0.39, 0.29) is 0 Å². The summed E-state index contributed by atoms with van der Waals surface area (Å²) in [6, 6.07) is -9.40. The molecule has 756 valence electrons. The van der Waals surface area contributed by atoms with E-state index in [9.17, 15) is 172 Å². The van der Waals surface area contributed by atoms with Gasteiger partial charge in [0.05, 0.1) is 77.7 Å². The lowest BCUT2D eigenvalue weighted by Gasteiger charge is -2.51. The van der Waals surface area contributed by atoms with Gasteiger partial charge in [0.1, 0.15) is 232 Å². The van der Waals surface area contributed by atoms with Crippen molar-refractivity contribution in [1.29, 1.82) is 0 Å². The maximum atomic E-state index is 13.3. The summed E-state index contributed by atoms with van der Waals surface area (Å²) in [5, 5.41) is 326. The molecule has 1 unspecified atom stereocenters. The maximum absolute atomic E-state index is 13.3. The molecule has 5 amide bonds. The lowest BCUT2D eigenvalue weighted by molar-refractivity contribution is -0.399. The summed E-state index contributed by atoms with van der Waals surface area (Å²) in [5.74, 6) is -9.81. The number of carbonyl (C=O) groups excluding carboxylic acids is 5. The zero-order valence-corrected chi connectivity index (χ0v) is 70.7. The van der Waals surface area contributed by atoms with Crippen LogP contribution < -0.4 is 26.6 Å². The smallest absolute Gasteiger partial charge is 0.364 e. The first-order chi connectivity index (χ1) is 61.7. The van der Waals surface area contributed by atoms with Crippen molar-refractivity contribution in [3.63, 3.8) is 0 Å². The van der Waals surface area contributed by atoms with Crippen LogP contribution in [0, 0.1) is 0 Å². The molecule has 0 aromatic heterocycles. The molecule has 0 aromatic carbocycles. The number of hydrogen-bond donors (Lipinski definition) is 33. The summed E-state index contributed by atoms with van der Waals surface area (Å²) < 4.78 is 113. The molecule has 10 rings (SSSR count). The average Bonchev–Trinajstić information content (AvgIpc) is 0.780. The average molecular weight is 1920 g/mol. The SMILES string of the molecule is CC(=O)N[C@H]1[C@H](O[C@H]2[C@H](O)[C@@H](NC(C)=O)C(O)O[C@@H]2CO[C@@H]2O[C@@H](C)[C@@H](O)[C@@H](O)[C@@H]2O)O[C@H](CO)[C@@H](O[C@@H]2O[C@H](CO[C@H]3O[C@H](CO)[C@@H](O)[C@H](O)[C@@H]3O[C@@H]3O[C@H](CO)[C@@H](O)[C@H](O)[C@H]3NC(C)=O)[C@@H](O)[C@H](O[C@H]3O[C@H](CO)[C@@H](O)[C@H](O)[C@@H]3O[C@@H]3O[C@H](CO)[C@@H](O[C@@H]4O[C@H](CO[C@]5(C(=O)O)C[C@H](O)[C@@H](NC(C)=O)[C@H]([C@H](O)[C@H](O)CO)O5)[C@H](O)[C@H](O)[C@H]4O)[C@H](O)[C@H]3NC(C)=O)[C@@H]2O)[C@@H]1O. The number of carbonyl (C=O) groups is 6. The van der Waals surface area contributed by atoms with E-state index in [0.29, 0.717) is 0 Å². The molecule has 0 aromatic rings. The van der Waals surface area contributed by atoms with E-state index in [0.717, 1.165) is 34.6 Å². The summed E-state index contributed by atoms with van der Waals surface area (Å²) >= 11 is 0. The van der Waals surface area contributed by atoms with Gasteiger partial charge in [-0.1, -0.05) is 0 Å². The Hall–Kier alpha value is -5.02. The van der Waals surface area contributed by atoms with Crippen molar-refractivity contribution in [2.75, 3.05) is 59.5 Å². The van der Waals surface area contributed by atoms with E-state index in [2.05, 4.69) is 26.6 Å². The molecule has 131 heavy (non-hydrogen) atoms. The Kier molecular flexibility index (Phi) is 38.4. The molecule has 10 heterocycles. The second kappa shape index (κ2) is 46.6. The van der Waals surface area contributed by atoms with Gasteiger partial charge in [0.25, 0.3) is 5.79 Å². The third kappa shape index (κ3) is 24.3. The van der Waals surface area contributed by atoms with Gasteiger partial charge in [-0.05, 0) is 6.92 Å². The Balaban J connectivity index is 0.960. The van der Waals surface area contributed by atoms with Crippen LogP contribution in [-0.4, -0.2) is 550 Å². The molecule has 58 heteroatoms. The Morgan fingerprint density at radius 3 is 1.16 bits per heavy atom. The Bertz CT molecular complexity index is 3670. The Labute approximate surface area is 741 Å². The molecule has 10 aliphatic heterocycles. The second-order valence-corrected chi connectivity index (χ2v) is 33.2. The first kappa shape index (κ1) is 108. The standard InChI is InChI=1S/C73H121N5O53/c1-17-38(92)49(103)53(107)67(116-17)113-15-32-58(46(100)34(63(110)117-32)75-19(3)86)125-65-36(77-21(5)88)47(101)57(29(13-84)121-65)127-69-55(109)60(44(98)30(123-69)14-114-70-61(51(105)41(95)26(10-81)119-70)129-64-35(76-20(4)87)45(99)40(94)25(9-80)118-64)128-71-62(52(106)42(96)27(11-82)120-71)130-66-37(78-22(6)89)48(102)56(28(12-83)122-66)126-68-54(108)50(104)43(97)31(124-68)16-115-73(72(111)112)7-23(90)33(74-18(2)85)59(131-73)39(93)24(91)8-79/h17,23-71,79-84,90-110H,7-16H2,1-6H3,(H,74,85)(H,75,86)(H,76,87)(H,77,88)(H,78,89)(H,111,112)/t17-,23-,24+,25+,26+,27+,28+,29+,30+,31+,32+,33+,34+,35+,36+,37+,38+,39+,40+,41+,42+,43-,44+,45+,46+,47+,48+,49+,50-,51-,52-,53-,54+,55-,56+,57+,58+,59+,60-,61-,62-,63?,64-,65-,66-,67+,68-,69-,70-,71+,73+/m0/s1. The quantitative estimate of drug-likeness (QED) is 0.0280. The summed E-state index contributed by atoms with van der Waals surface area (Å²) in [5.41, 5.74) is 0. The lowest BCUT2D eigenvalue weighted by Crippen LogP contribution is -2.71. The number of ether oxygens (including phenoxy) is 19. The fourth-order valence-electron chi connectivity index (χ4n) is 16.8. The maximum Gasteiger partial charge on any atom is 0.364 e. The highest BCUT2D eigenvalue weighted by molar-refractivity contribution is 5.77. The van der Waals surface area contributed by atoms with Crippen molar-refractivity contribution in [2.24, 2.45) is 0 Å². The van der Waals surface area contributed by atoms with E-state index in [1.807, 2.05) is 0 Å². The number of carboxylic acid groups (broad SMARTS) is 1. The van der Waals surface area contributed by atoms with Gasteiger partial charge < -0.3 is 260 Å². The molecule has 0 bridgehead atoms. The first-order valence-electron chi connectivity index (χ1n) is 41.6. The van der Waals surface area contributed by atoms with Crippen molar-refractivity contribution in [3.05, 3.63) is 0 Å². The normalized spacial score (nSPS) is 47.5. The van der Waals surface area contributed by atoms with Gasteiger partial charge in [0, 0.05) is 41.0 Å². The summed E-state index contributed by atoms with van der Waals surface area (Å²) in [6.07, 6.45) is -97.5. The number of carboxylic acids is 1. The fourth-order valence-corrected chi connectivity index (χ4v) is 16.8. The van der Waals surface area contributed by atoms with Crippen LogP contribution in [0.3, 0.4) is 0 Å². The molecule has 51 atom stereocenters. The van der Waals surface area contributed by atoms with Crippen LogP contribution in [0.2, 0.25) is 0 Å². The van der Waals surface area contributed by atoms with E-state index in [4.69, 9.17) is 90.0 Å². The molecule has 10 aliphatic rings. The van der Waals surface area contributed by atoms with Crippen molar-refractivity contribution in [3.8, 4) is 0 Å². The minimum Gasteiger partial charge on any atom is -0.477 e. The summed E-state index contributed by atoms with van der Waals surface area (Å²) in [7, 11) is 0. The molecule has 58 nitrogen and oxygen atoms in total.